The predicted molar refractivity (Wildman–Crippen MR) is 130 cm³/mol. The maximum Gasteiger partial charge on any atom is 0.258 e. The lowest BCUT2D eigenvalue weighted by molar-refractivity contribution is -0.112. The Kier molecular flexibility index (Phi) is 6.14. The Morgan fingerprint density at radius 3 is 2.59 bits per heavy atom. The molecule has 2 fully saturated rings. The van der Waals surface area contributed by atoms with Gasteiger partial charge in [-0.15, -0.1) is 0 Å². The highest BCUT2D eigenvalue weighted by Crippen LogP contribution is 2.39. The first kappa shape index (κ1) is 23.3. The van der Waals surface area contributed by atoms with E-state index < -0.39 is 10.0 Å². The molecule has 3 aliphatic heterocycles. The van der Waals surface area contributed by atoms with Gasteiger partial charge in [0.15, 0.2) is 0 Å². The summed E-state index contributed by atoms with van der Waals surface area (Å²) in [6.45, 7) is 7.16. The number of anilines is 1. The number of morpholine rings is 1. The first-order valence-corrected chi connectivity index (χ1v) is 13.2. The van der Waals surface area contributed by atoms with Gasteiger partial charge in [-0.1, -0.05) is 0 Å². The van der Waals surface area contributed by atoms with Crippen LogP contribution in [0.4, 0.5) is 5.69 Å². The van der Waals surface area contributed by atoms with Crippen molar-refractivity contribution >= 4 is 33.3 Å². The molecule has 9 heteroatoms. The van der Waals surface area contributed by atoms with Crippen LogP contribution in [-0.2, 0) is 30.8 Å². The van der Waals surface area contributed by atoms with E-state index in [0.29, 0.717) is 43.1 Å². The number of amides is 1. The van der Waals surface area contributed by atoms with Gasteiger partial charge in [-0.3, -0.25) is 4.79 Å². The number of carbonyl (C=O) groups excluding carboxylic acids is 1. The molecule has 4 heterocycles. The van der Waals surface area contributed by atoms with Gasteiger partial charge in [0, 0.05) is 55.8 Å². The number of sulfonamides is 1. The molecule has 0 bridgehead atoms. The summed E-state index contributed by atoms with van der Waals surface area (Å²) in [6, 6.07) is 7.03. The van der Waals surface area contributed by atoms with Crippen molar-refractivity contribution in [2.75, 3.05) is 44.9 Å². The number of hydrogen-bond donors (Lipinski definition) is 0. The number of benzene rings is 1. The first-order valence-electron chi connectivity index (χ1n) is 11.8. The lowest BCUT2D eigenvalue weighted by Crippen LogP contribution is -2.40. The molecule has 0 aliphatic carbocycles. The van der Waals surface area contributed by atoms with Crippen LogP contribution in [0.5, 0.6) is 0 Å². The minimum Gasteiger partial charge on any atom is -0.379 e. The van der Waals surface area contributed by atoms with Crippen LogP contribution in [-0.4, -0.2) is 69.3 Å². The minimum atomic E-state index is -3.66. The van der Waals surface area contributed by atoms with E-state index in [1.165, 1.54) is 4.31 Å². The average Bonchev–Trinajstić information content (AvgIpc) is 3.51. The monoisotopic (exact) mass is 485 g/mol. The highest BCUT2D eigenvalue weighted by Gasteiger charge is 2.33. The van der Waals surface area contributed by atoms with Crippen LogP contribution >= 0.6 is 0 Å². The fraction of sp³-hybridized carbons (Fsp3) is 0.480. The standard InChI is InChI=1S/C25H31N3O5S/c1-17-13-19(18(2)28(17)16-20-5-4-10-33-20)14-23-22-15-21(6-7-24(22)26(3)25(23)29)34(30,31)27-8-11-32-12-9-27/h6-7,13-15,20H,4-5,8-12,16H2,1-3H3/b23-14+/t20-/m1/s1. The molecule has 34 heavy (non-hydrogen) atoms. The van der Waals surface area contributed by atoms with Crippen molar-refractivity contribution in [1.29, 1.82) is 0 Å². The highest BCUT2D eigenvalue weighted by atomic mass is 32.2. The summed E-state index contributed by atoms with van der Waals surface area (Å²) in [5.41, 5.74) is 5.01. The third kappa shape index (κ3) is 4.00. The maximum atomic E-state index is 13.2. The first-order chi connectivity index (χ1) is 16.3. The number of hydrogen-bond acceptors (Lipinski definition) is 5. The van der Waals surface area contributed by atoms with Gasteiger partial charge in [0.2, 0.25) is 10.0 Å². The van der Waals surface area contributed by atoms with Crippen LogP contribution in [0.15, 0.2) is 29.2 Å². The molecule has 0 spiro atoms. The topological polar surface area (TPSA) is 81.1 Å². The van der Waals surface area contributed by atoms with Gasteiger partial charge >= 0.3 is 0 Å². The third-order valence-electron chi connectivity index (χ3n) is 7.09. The van der Waals surface area contributed by atoms with E-state index in [4.69, 9.17) is 9.47 Å². The summed E-state index contributed by atoms with van der Waals surface area (Å²) < 4.78 is 41.2. The fourth-order valence-electron chi connectivity index (χ4n) is 5.07. The second kappa shape index (κ2) is 8.96. The van der Waals surface area contributed by atoms with Gasteiger partial charge in [-0.2, -0.15) is 4.31 Å². The maximum absolute atomic E-state index is 13.2. The molecule has 2 aromatic rings. The SMILES string of the molecule is Cc1cc(/C=C2/C(=O)N(C)c3ccc(S(=O)(=O)N4CCOCC4)cc32)c(C)n1C[C@H]1CCCO1. The molecule has 8 nitrogen and oxygen atoms in total. The number of rotatable bonds is 5. The summed E-state index contributed by atoms with van der Waals surface area (Å²) >= 11 is 0. The van der Waals surface area contributed by atoms with Gasteiger partial charge in [-0.05, 0) is 62.6 Å². The van der Waals surface area contributed by atoms with Gasteiger partial charge < -0.3 is 18.9 Å². The molecule has 1 aromatic heterocycles. The minimum absolute atomic E-state index is 0.139. The van der Waals surface area contributed by atoms with Crippen molar-refractivity contribution < 1.29 is 22.7 Å². The molecule has 0 unspecified atom stereocenters. The summed E-state index contributed by atoms with van der Waals surface area (Å²) in [6.07, 6.45) is 4.27. The quantitative estimate of drug-likeness (QED) is 0.609. The van der Waals surface area contributed by atoms with Crippen LogP contribution in [0.2, 0.25) is 0 Å². The molecule has 0 saturated carbocycles. The summed E-state index contributed by atoms with van der Waals surface area (Å²) in [5, 5.41) is 0. The molecule has 2 saturated heterocycles. The Bertz CT molecular complexity index is 1250. The lowest BCUT2D eigenvalue weighted by atomic mass is 10.0. The van der Waals surface area contributed by atoms with E-state index in [-0.39, 0.29) is 16.9 Å². The second-order valence-electron chi connectivity index (χ2n) is 9.19. The average molecular weight is 486 g/mol. The number of carbonyl (C=O) groups is 1. The van der Waals surface area contributed by atoms with Crippen molar-refractivity contribution in [3.8, 4) is 0 Å². The number of aryl methyl sites for hydroxylation is 1. The Hall–Kier alpha value is -2.46. The van der Waals surface area contributed by atoms with Gasteiger partial charge in [-0.25, -0.2) is 8.42 Å². The normalized spacial score (nSPS) is 22.7. The highest BCUT2D eigenvalue weighted by molar-refractivity contribution is 7.89. The zero-order chi connectivity index (χ0) is 24.0. The fourth-order valence-corrected chi connectivity index (χ4v) is 6.50. The second-order valence-corrected chi connectivity index (χ2v) is 11.1. The summed E-state index contributed by atoms with van der Waals surface area (Å²) in [5.74, 6) is -0.139. The van der Waals surface area contributed by atoms with Crippen molar-refractivity contribution in [3.63, 3.8) is 0 Å². The van der Waals surface area contributed by atoms with Gasteiger partial charge in [0.25, 0.3) is 5.91 Å². The predicted octanol–water partition coefficient (Wildman–Crippen LogP) is 2.82. The Labute approximate surface area is 200 Å². The van der Waals surface area contributed by atoms with E-state index in [1.807, 2.05) is 6.08 Å². The van der Waals surface area contributed by atoms with E-state index in [0.717, 1.165) is 42.9 Å². The molecule has 1 aromatic carbocycles. The summed E-state index contributed by atoms with van der Waals surface area (Å²) in [7, 11) is -1.94. The van der Waals surface area contributed by atoms with Crippen molar-refractivity contribution in [2.45, 2.75) is 44.2 Å². The molecule has 1 amide bonds. The molecule has 0 radical (unpaired) electrons. The van der Waals surface area contributed by atoms with Crippen molar-refractivity contribution in [2.24, 2.45) is 0 Å². The molecular formula is C25H31N3O5S. The molecule has 0 N–H and O–H groups in total. The zero-order valence-electron chi connectivity index (χ0n) is 19.9. The molecule has 1 atom stereocenters. The summed E-state index contributed by atoms with van der Waals surface area (Å²) in [4.78, 5) is 14.9. The zero-order valence-corrected chi connectivity index (χ0v) is 20.7. The van der Waals surface area contributed by atoms with Crippen LogP contribution in [0, 0.1) is 13.8 Å². The van der Waals surface area contributed by atoms with Crippen LogP contribution in [0.25, 0.3) is 11.6 Å². The Morgan fingerprint density at radius 1 is 1.12 bits per heavy atom. The lowest BCUT2D eigenvalue weighted by Gasteiger charge is -2.26. The van der Waals surface area contributed by atoms with Gasteiger partial charge in [0.1, 0.15) is 0 Å². The number of ether oxygens (including phenoxy) is 2. The number of nitrogens with zero attached hydrogens (tertiary/aromatic N) is 3. The molecule has 3 aliphatic rings. The Balaban J connectivity index is 1.52. The largest absolute Gasteiger partial charge is 0.379 e. The number of fused-ring (bicyclic) bond motifs is 1. The molecule has 182 valence electrons. The van der Waals surface area contributed by atoms with Crippen molar-refractivity contribution in [3.05, 3.63) is 46.8 Å². The van der Waals surface area contributed by atoms with Crippen LogP contribution < -0.4 is 4.90 Å². The molecule has 5 rings (SSSR count). The van der Waals surface area contributed by atoms with Crippen LogP contribution in [0.3, 0.4) is 0 Å². The van der Waals surface area contributed by atoms with Crippen molar-refractivity contribution in [1.82, 2.24) is 8.87 Å². The number of aromatic nitrogens is 1. The third-order valence-corrected chi connectivity index (χ3v) is 8.98. The molecular weight excluding hydrogens is 454 g/mol. The van der Waals surface area contributed by atoms with Gasteiger partial charge in [0.05, 0.1) is 29.9 Å². The smallest absolute Gasteiger partial charge is 0.258 e. The van der Waals surface area contributed by atoms with Crippen LogP contribution in [0.1, 0.15) is 35.4 Å². The van der Waals surface area contributed by atoms with E-state index >= 15 is 0 Å². The van der Waals surface area contributed by atoms with E-state index in [1.54, 1.807) is 30.1 Å². The number of likely N-dealkylation sites (N-methyl/N-ethyl adjacent to an activating group) is 1. The Morgan fingerprint density at radius 2 is 1.88 bits per heavy atom. The van der Waals surface area contributed by atoms with E-state index in [9.17, 15) is 13.2 Å². The van der Waals surface area contributed by atoms with E-state index in [2.05, 4.69) is 24.5 Å².